The molecule has 2 aromatic rings. The van der Waals surface area contributed by atoms with Crippen LogP contribution in [0.3, 0.4) is 0 Å². The zero-order chi connectivity index (χ0) is 13.4. The smallest absolute Gasteiger partial charge is 0.161 e. The molecule has 1 aliphatic heterocycles. The molecule has 5 heteroatoms. The van der Waals surface area contributed by atoms with Gasteiger partial charge in [-0.3, -0.25) is 0 Å². The van der Waals surface area contributed by atoms with Crippen molar-refractivity contribution in [3.8, 4) is 5.75 Å². The number of anilines is 1. The van der Waals surface area contributed by atoms with E-state index in [1.54, 1.807) is 6.07 Å². The predicted octanol–water partition coefficient (Wildman–Crippen LogP) is 4.16. The largest absolute Gasteiger partial charge is 0.480 e. The van der Waals surface area contributed by atoms with Gasteiger partial charge in [0.1, 0.15) is 6.10 Å². The van der Waals surface area contributed by atoms with Crippen molar-refractivity contribution in [3.05, 3.63) is 58.6 Å². The molecule has 0 saturated carbocycles. The van der Waals surface area contributed by atoms with E-state index in [0.29, 0.717) is 22.9 Å². The molecule has 1 aliphatic rings. The van der Waals surface area contributed by atoms with Crippen LogP contribution in [0.2, 0.25) is 5.02 Å². The van der Waals surface area contributed by atoms with Crippen molar-refractivity contribution in [3.63, 3.8) is 0 Å². The first kappa shape index (κ1) is 12.2. The topological polar surface area (TPSA) is 21.3 Å². The van der Waals surface area contributed by atoms with E-state index in [-0.39, 0.29) is 0 Å². The molecule has 2 aromatic carbocycles. The van der Waals surface area contributed by atoms with E-state index in [1.165, 1.54) is 6.07 Å². The lowest BCUT2D eigenvalue weighted by atomic mass is 10.1. The Morgan fingerprint density at radius 2 is 2.00 bits per heavy atom. The van der Waals surface area contributed by atoms with Crippen LogP contribution in [-0.4, -0.2) is 6.54 Å². The highest BCUT2D eigenvalue weighted by atomic mass is 35.5. The molecule has 1 atom stereocenters. The Labute approximate surface area is 114 Å². The van der Waals surface area contributed by atoms with E-state index in [0.717, 1.165) is 17.8 Å². The van der Waals surface area contributed by atoms with Crippen molar-refractivity contribution < 1.29 is 13.5 Å². The molecule has 19 heavy (non-hydrogen) atoms. The van der Waals surface area contributed by atoms with Crippen molar-refractivity contribution in [1.29, 1.82) is 0 Å². The first-order chi connectivity index (χ1) is 9.15. The number of hydrogen-bond donors (Lipinski definition) is 1. The van der Waals surface area contributed by atoms with Crippen molar-refractivity contribution in [2.45, 2.75) is 6.10 Å². The quantitative estimate of drug-likeness (QED) is 0.847. The van der Waals surface area contributed by atoms with E-state index < -0.39 is 17.7 Å². The Hall–Kier alpha value is -1.81. The Balaban J connectivity index is 1.93. The summed E-state index contributed by atoms with van der Waals surface area (Å²) in [6.45, 7) is 0.471. The van der Waals surface area contributed by atoms with Crippen LogP contribution in [0.5, 0.6) is 5.75 Å². The van der Waals surface area contributed by atoms with Crippen LogP contribution in [0.1, 0.15) is 11.7 Å². The molecular formula is C14H10ClF2NO. The maximum absolute atomic E-state index is 13.2. The first-order valence-corrected chi connectivity index (χ1v) is 6.17. The zero-order valence-corrected chi connectivity index (χ0v) is 10.5. The van der Waals surface area contributed by atoms with E-state index in [9.17, 15) is 8.78 Å². The van der Waals surface area contributed by atoms with Gasteiger partial charge in [-0.15, -0.1) is 0 Å². The van der Waals surface area contributed by atoms with Gasteiger partial charge in [0.25, 0.3) is 0 Å². The summed E-state index contributed by atoms with van der Waals surface area (Å²) >= 11 is 6.05. The van der Waals surface area contributed by atoms with Gasteiger partial charge in [0, 0.05) is 0 Å². The third-order valence-corrected chi connectivity index (χ3v) is 3.32. The van der Waals surface area contributed by atoms with Crippen molar-refractivity contribution in [1.82, 2.24) is 0 Å². The highest BCUT2D eigenvalue weighted by Crippen LogP contribution is 2.39. The zero-order valence-electron chi connectivity index (χ0n) is 9.79. The highest BCUT2D eigenvalue weighted by molar-refractivity contribution is 6.32. The molecule has 0 amide bonds. The number of para-hydroxylation sites is 1. The molecule has 1 unspecified atom stereocenters. The fourth-order valence-electron chi connectivity index (χ4n) is 2.05. The molecule has 3 rings (SSSR count). The summed E-state index contributed by atoms with van der Waals surface area (Å²) in [5, 5.41) is 3.64. The number of rotatable bonds is 1. The van der Waals surface area contributed by atoms with Crippen LogP contribution in [0.15, 0.2) is 36.4 Å². The minimum Gasteiger partial charge on any atom is -0.480 e. The lowest BCUT2D eigenvalue weighted by Crippen LogP contribution is -2.23. The summed E-state index contributed by atoms with van der Waals surface area (Å²) in [7, 11) is 0. The standard InChI is InChI=1S/C14H10ClF2NO/c15-9-2-1-3-12-14(9)19-13(7-18-12)8-4-5-10(16)11(17)6-8/h1-6,13,18H,7H2. The second kappa shape index (κ2) is 4.70. The van der Waals surface area contributed by atoms with Gasteiger partial charge in [-0.2, -0.15) is 0 Å². The number of nitrogens with one attached hydrogen (secondary N) is 1. The Morgan fingerprint density at radius 1 is 1.16 bits per heavy atom. The van der Waals surface area contributed by atoms with Gasteiger partial charge in [0.2, 0.25) is 0 Å². The van der Waals surface area contributed by atoms with E-state index >= 15 is 0 Å². The second-order valence-corrected chi connectivity index (χ2v) is 4.68. The van der Waals surface area contributed by atoms with Gasteiger partial charge in [-0.1, -0.05) is 23.7 Å². The predicted molar refractivity (Wildman–Crippen MR) is 69.7 cm³/mol. The lowest BCUT2D eigenvalue weighted by Gasteiger charge is -2.28. The summed E-state index contributed by atoms with van der Waals surface area (Å²) < 4.78 is 31.9. The van der Waals surface area contributed by atoms with Gasteiger partial charge in [0.15, 0.2) is 17.4 Å². The van der Waals surface area contributed by atoms with Gasteiger partial charge >= 0.3 is 0 Å². The van der Waals surface area contributed by atoms with E-state index in [2.05, 4.69) is 5.32 Å². The molecule has 0 saturated heterocycles. The maximum Gasteiger partial charge on any atom is 0.161 e. The summed E-state index contributed by atoms with van der Waals surface area (Å²) in [5.74, 6) is -1.22. The van der Waals surface area contributed by atoms with Gasteiger partial charge in [0.05, 0.1) is 17.3 Å². The molecule has 0 aromatic heterocycles. The minimum atomic E-state index is -0.883. The number of benzene rings is 2. The average Bonchev–Trinajstić information content (AvgIpc) is 2.42. The molecule has 0 spiro atoms. The van der Waals surface area contributed by atoms with Gasteiger partial charge in [-0.25, -0.2) is 8.78 Å². The number of halogens is 3. The van der Waals surface area contributed by atoms with Crippen molar-refractivity contribution in [2.75, 3.05) is 11.9 Å². The number of hydrogen-bond acceptors (Lipinski definition) is 2. The van der Waals surface area contributed by atoms with Crippen LogP contribution < -0.4 is 10.1 Å². The summed E-state index contributed by atoms with van der Waals surface area (Å²) in [4.78, 5) is 0. The van der Waals surface area contributed by atoms with Gasteiger partial charge in [-0.05, 0) is 29.8 Å². The second-order valence-electron chi connectivity index (χ2n) is 4.28. The SMILES string of the molecule is Fc1ccc(C2CNc3cccc(Cl)c3O2)cc1F. The van der Waals surface area contributed by atoms with Crippen molar-refractivity contribution >= 4 is 17.3 Å². The minimum absolute atomic E-state index is 0.400. The normalized spacial score (nSPS) is 17.3. The van der Waals surface area contributed by atoms with Crippen LogP contribution in [0, 0.1) is 11.6 Å². The van der Waals surface area contributed by atoms with Crippen LogP contribution in [0.25, 0.3) is 0 Å². The molecule has 98 valence electrons. The Bertz CT molecular complexity index is 633. The third kappa shape index (κ3) is 2.24. The fourth-order valence-corrected chi connectivity index (χ4v) is 2.27. The third-order valence-electron chi connectivity index (χ3n) is 3.02. The van der Waals surface area contributed by atoms with E-state index in [4.69, 9.17) is 16.3 Å². The fraction of sp³-hybridized carbons (Fsp3) is 0.143. The molecule has 0 radical (unpaired) electrons. The number of ether oxygens (including phenoxy) is 1. The van der Waals surface area contributed by atoms with Crippen LogP contribution >= 0.6 is 11.6 Å². The average molecular weight is 282 g/mol. The molecule has 1 N–H and O–H groups in total. The van der Waals surface area contributed by atoms with Gasteiger partial charge < -0.3 is 10.1 Å². The summed E-state index contributed by atoms with van der Waals surface area (Å²) in [5.41, 5.74) is 1.36. The van der Waals surface area contributed by atoms with Crippen LogP contribution in [0.4, 0.5) is 14.5 Å². The lowest BCUT2D eigenvalue weighted by molar-refractivity contribution is 0.210. The molecule has 0 aliphatic carbocycles. The molecular weight excluding hydrogens is 272 g/mol. The number of fused-ring (bicyclic) bond motifs is 1. The maximum atomic E-state index is 13.2. The van der Waals surface area contributed by atoms with Crippen molar-refractivity contribution in [2.24, 2.45) is 0 Å². The highest BCUT2D eigenvalue weighted by Gasteiger charge is 2.23. The summed E-state index contributed by atoms with van der Waals surface area (Å²) in [6, 6.07) is 9.13. The van der Waals surface area contributed by atoms with Crippen LogP contribution in [-0.2, 0) is 0 Å². The first-order valence-electron chi connectivity index (χ1n) is 5.79. The Kier molecular flexibility index (Phi) is 3.03. The molecule has 0 bridgehead atoms. The molecule has 2 nitrogen and oxygen atoms in total. The monoisotopic (exact) mass is 281 g/mol. The molecule has 0 fully saturated rings. The van der Waals surface area contributed by atoms with E-state index in [1.807, 2.05) is 12.1 Å². The summed E-state index contributed by atoms with van der Waals surface area (Å²) in [6.07, 6.45) is -0.400. The Morgan fingerprint density at radius 3 is 2.79 bits per heavy atom. The molecule has 1 heterocycles.